The van der Waals surface area contributed by atoms with Crippen LogP contribution in [0, 0.1) is 0 Å². The molecule has 6 nitrogen and oxygen atoms in total. The maximum absolute atomic E-state index is 9.55. The second kappa shape index (κ2) is 11.8. The zero-order valence-corrected chi connectivity index (χ0v) is 16.6. The van der Waals surface area contributed by atoms with Crippen LogP contribution in [0.25, 0.3) is 5.57 Å². The van der Waals surface area contributed by atoms with E-state index in [0.29, 0.717) is 12.2 Å². The van der Waals surface area contributed by atoms with Crippen molar-refractivity contribution in [1.29, 1.82) is 0 Å². The van der Waals surface area contributed by atoms with E-state index >= 15 is 0 Å². The molecule has 0 amide bonds. The Hall–Kier alpha value is -2.96. The predicted molar refractivity (Wildman–Crippen MR) is 113 cm³/mol. The Balaban J connectivity index is 0.000000321. The molecule has 2 heterocycles. The molecule has 1 aliphatic heterocycles. The summed E-state index contributed by atoms with van der Waals surface area (Å²) < 4.78 is 0. The van der Waals surface area contributed by atoms with Crippen LogP contribution in [0.15, 0.2) is 66.9 Å². The fourth-order valence-electron chi connectivity index (χ4n) is 2.85. The summed E-state index contributed by atoms with van der Waals surface area (Å²) in [6, 6.07) is 14.0. The summed E-state index contributed by atoms with van der Waals surface area (Å²) >= 11 is 6.00. The standard InChI is InChI=1S/C18H19ClN2.C4H4O4/c19-16-8-6-15(7-9-16)17(18-5-1-2-11-20-18)10-14-21-12-3-4-13-21;5-3(6)1-2-4(7)8/h1-2,5-11H,3-4,12-14H2;1-2H,(H,5,6)(H,7,8)/b17-10+;2-1-. The molecule has 0 radical (unpaired) electrons. The molecule has 1 saturated heterocycles. The molecule has 0 atom stereocenters. The molecular formula is C22H23ClN2O4. The highest BCUT2D eigenvalue weighted by molar-refractivity contribution is 6.30. The van der Waals surface area contributed by atoms with Gasteiger partial charge < -0.3 is 10.2 Å². The number of carboxylic acid groups (broad SMARTS) is 2. The van der Waals surface area contributed by atoms with Crippen LogP contribution in [-0.4, -0.2) is 51.7 Å². The van der Waals surface area contributed by atoms with Crippen LogP contribution < -0.4 is 0 Å². The quantitative estimate of drug-likeness (QED) is 0.695. The van der Waals surface area contributed by atoms with Gasteiger partial charge in [0.05, 0.1) is 5.69 Å². The van der Waals surface area contributed by atoms with Gasteiger partial charge >= 0.3 is 11.9 Å². The number of hydrogen-bond acceptors (Lipinski definition) is 4. The number of carbonyl (C=O) groups is 2. The molecule has 152 valence electrons. The number of hydrogen-bond donors (Lipinski definition) is 2. The molecule has 1 aromatic carbocycles. The SMILES string of the molecule is Clc1ccc(/C(=C\CN2CCCC2)c2ccccn2)cc1.O=C(O)/C=C\C(=O)O. The van der Waals surface area contributed by atoms with E-state index in [1.807, 2.05) is 30.5 Å². The summed E-state index contributed by atoms with van der Waals surface area (Å²) in [6.45, 7) is 3.38. The van der Waals surface area contributed by atoms with Gasteiger partial charge in [0.15, 0.2) is 0 Å². The molecule has 2 aromatic rings. The highest BCUT2D eigenvalue weighted by atomic mass is 35.5. The van der Waals surface area contributed by atoms with Gasteiger partial charge in [-0.05, 0) is 55.8 Å². The normalized spacial score (nSPS) is 14.4. The van der Waals surface area contributed by atoms with Crippen LogP contribution in [0.3, 0.4) is 0 Å². The molecule has 0 bridgehead atoms. The van der Waals surface area contributed by atoms with Crippen molar-refractivity contribution in [2.24, 2.45) is 0 Å². The van der Waals surface area contributed by atoms with E-state index in [0.717, 1.165) is 22.8 Å². The summed E-state index contributed by atoms with van der Waals surface area (Å²) in [5.41, 5.74) is 3.36. The molecule has 0 spiro atoms. The molecular weight excluding hydrogens is 392 g/mol. The Morgan fingerprint density at radius 1 is 1.00 bits per heavy atom. The zero-order chi connectivity index (χ0) is 21.1. The van der Waals surface area contributed by atoms with E-state index in [9.17, 15) is 9.59 Å². The predicted octanol–water partition coefficient (Wildman–Crippen LogP) is 3.97. The third-order valence-corrected chi connectivity index (χ3v) is 4.47. The molecule has 1 fully saturated rings. The summed E-state index contributed by atoms with van der Waals surface area (Å²) in [5.74, 6) is -2.51. The number of benzene rings is 1. The Morgan fingerprint density at radius 2 is 1.62 bits per heavy atom. The summed E-state index contributed by atoms with van der Waals surface area (Å²) in [7, 11) is 0. The fraction of sp³-hybridized carbons (Fsp3) is 0.227. The average molecular weight is 415 g/mol. The first-order chi connectivity index (χ1) is 14.0. The molecule has 0 aliphatic carbocycles. The lowest BCUT2D eigenvalue weighted by Crippen LogP contribution is -2.19. The fourth-order valence-corrected chi connectivity index (χ4v) is 2.98. The third-order valence-electron chi connectivity index (χ3n) is 4.22. The van der Waals surface area contributed by atoms with E-state index in [4.69, 9.17) is 21.8 Å². The molecule has 29 heavy (non-hydrogen) atoms. The van der Waals surface area contributed by atoms with Gasteiger partial charge in [-0.25, -0.2) is 9.59 Å². The molecule has 0 saturated carbocycles. The van der Waals surface area contributed by atoms with E-state index in [1.165, 1.54) is 31.5 Å². The van der Waals surface area contributed by atoms with Gasteiger partial charge in [0.25, 0.3) is 0 Å². The summed E-state index contributed by atoms with van der Waals surface area (Å²) in [4.78, 5) is 26.1. The second-order valence-corrected chi connectivity index (χ2v) is 6.79. The lowest BCUT2D eigenvalue weighted by molar-refractivity contribution is -0.134. The molecule has 1 aromatic heterocycles. The van der Waals surface area contributed by atoms with Gasteiger partial charge in [0, 0.05) is 35.5 Å². The maximum atomic E-state index is 9.55. The Morgan fingerprint density at radius 3 is 2.14 bits per heavy atom. The van der Waals surface area contributed by atoms with Crippen molar-refractivity contribution in [3.63, 3.8) is 0 Å². The largest absolute Gasteiger partial charge is 0.478 e. The van der Waals surface area contributed by atoms with Crippen LogP contribution in [-0.2, 0) is 9.59 Å². The average Bonchev–Trinajstić information content (AvgIpc) is 3.23. The first kappa shape index (κ1) is 22.3. The molecule has 1 aliphatic rings. The van der Waals surface area contributed by atoms with Crippen LogP contribution in [0.4, 0.5) is 0 Å². The van der Waals surface area contributed by atoms with Gasteiger partial charge in [0.2, 0.25) is 0 Å². The lowest BCUT2D eigenvalue weighted by Gasteiger charge is -2.14. The second-order valence-electron chi connectivity index (χ2n) is 6.36. The molecule has 7 heteroatoms. The minimum absolute atomic E-state index is 0.558. The highest BCUT2D eigenvalue weighted by Gasteiger charge is 2.11. The van der Waals surface area contributed by atoms with Crippen molar-refractivity contribution >= 4 is 29.1 Å². The van der Waals surface area contributed by atoms with Crippen LogP contribution >= 0.6 is 11.6 Å². The number of pyridine rings is 1. The van der Waals surface area contributed by atoms with Gasteiger partial charge in [-0.2, -0.15) is 0 Å². The van der Waals surface area contributed by atoms with Crippen LogP contribution in [0.5, 0.6) is 0 Å². The Bertz CT molecular complexity index is 842. The van der Waals surface area contributed by atoms with E-state index in [-0.39, 0.29) is 0 Å². The van der Waals surface area contributed by atoms with Crippen molar-refractivity contribution in [1.82, 2.24) is 9.88 Å². The van der Waals surface area contributed by atoms with Gasteiger partial charge in [-0.3, -0.25) is 9.88 Å². The first-order valence-corrected chi connectivity index (χ1v) is 9.57. The number of halogens is 1. The molecule has 3 rings (SSSR count). The van der Waals surface area contributed by atoms with Crippen molar-refractivity contribution < 1.29 is 19.8 Å². The minimum Gasteiger partial charge on any atom is -0.478 e. The van der Waals surface area contributed by atoms with E-state index in [1.54, 1.807) is 0 Å². The zero-order valence-electron chi connectivity index (χ0n) is 15.9. The van der Waals surface area contributed by atoms with Crippen LogP contribution in [0.2, 0.25) is 5.02 Å². The topological polar surface area (TPSA) is 90.7 Å². The molecule has 2 N–H and O–H groups in total. The number of aromatic nitrogens is 1. The van der Waals surface area contributed by atoms with Gasteiger partial charge in [-0.1, -0.05) is 35.9 Å². The highest BCUT2D eigenvalue weighted by Crippen LogP contribution is 2.23. The smallest absolute Gasteiger partial charge is 0.328 e. The molecule has 0 unspecified atom stereocenters. The number of likely N-dealkylation sites (tertiary alicyclic amines) is 1. The summed E-state index contributed by atoms with van der Waals surface area (Å²) in [5, 5.41) is 16.4. The number of nitrogens with zero attached hydrogens (tertiary/aromatic N) is 2. The number of aliphatic carboxylic acids is 2. The Labute approximate surface area is 174 Å². The van der Waals surface area contributed by atoms with Crippen LogP contribution in [0.1, 0.15) is 24.1 Å². The Kier molecular flexibility index (Phi) is 9.08. The van der Waals surface area contributed by atoms with E-state index in [2.05, 4.69) is 34.2 Å². The monoisotopic (exact) mass is 414 g/mol. The van der Waals surface area contributed by atoms with E-state index < -0.39 is 11.9 Å². The third kappa shape index (κ3) is 8.29. The van der Waals surface area contributed by atoms with Crippen molar-refractivity contribution in [2.45, 2.75) is 12.8 Å². The lowest BCUT2D eigenvalue weighted by atomic mass is 10.0. The van der Waals surface area contributed by atoms with Crippen molar-refractivity contribution in [3.05, 3.63) is 83.2 Å². The number of rotatable bonds is 6. The minimum atomic E-state index is -1.26. The number of carboxylic acids is 2. The van der Waals surface area contributed by atoms with Gasteiger partial charge in [0.1, 0.15) is 0 Å². The van der Waals surface area contributed by atoms with Crippen molar-refractivity contribution in [3.8, 4) is 0 Å². The van der Waals surface area contributed by atoms with Gasteiger partial charge in [-0.15, -0.1) is 0 Å². The summed E-state index contributed by atoms with van der Waals surface area (Å²) in [6.07, 6.45) is 7.87. The van der Waals surface area contributed by atoms with Crippen molar-refractivity contribution in [2.75, 3.05) is 19.6 Å². The first-order valence-electron chi connectivity index (χ1n) is 9.19. The maximum Gasteiger partial charge on any atom is 0.328 e.